The SMILES string of the molecule is CN=C(NCCc1ccc(S(C)(=O)=O)cc1)NC(C)c1ccc(Cl)c(Cl)c1. The third kappa shape index (κ3) is 6.41. The van der Waals surface area contributed by atoms with Gasteiger partial charge in [-0.2, -0.15) is 0 Å². The molecule has 8 heteroatoms. The van der Waals surface area contributed by atoms with E-state index < -0.39 is 9.84 Å². The summed E-state index contributed by atoms with van der Waals surface area (Å²) in [7, 11) is -1.46. The molecule has 1 unspecified atom stereocenters. The highest BCUT2D eigenvalue weighted by Crippen LogP contribution is 2.25. The second-order valence-corrected chi connectivity index (χ2v) is 9.03. The topological polar surface area (TPSA) is 70.6 Å². The van der Waals surface area contributed by atoms with Crippen LogP contribution >= 0.6 is 23.2 Å². The molecule has 1 atom stereocenters. The molecule has 0 saturated carbocycles. The van der Waals surface area contributed by atoms with E-state index >= 15 is 0 Å². The summed E-state index contributed by atoms with van der Waals surface area (Å²) in [5.41, 5.74) is 2.05. The third-order valence-electron chi connectivity index (χ3n) is 4.08. The quantitative estimate of drug-likeness (QED) is 0.542. The molecular formula is C19H23Cl2N3O2S. The summed E-state index contributed by atoms with van der Waals surface area (Å²) >= 11 is 12.0. The van der Waals surface area contributed by atoms with Gasteiger partial charge in [0.05, 0.1) is 21.0 Å². The van der Waals surface area contributed by atoms with Crippen LogP contribution < -0.4 is 10.6 Å². The predicted octanol–water partition coefficient (Wildman–Crippen LogP) is 3.87. The second kappa shape index (κ2) is 9.44. The van der Waals surface area contributed by atoms with E-state index in [9.17, 15) is 8.42 Å². The van der Waals surface area contributed by atoms with Crippen molar-refractivity contribution in [3.8, 4) is 0 Å². The van der Waals surface area contributed by atoms with Gasteiger partial charge in [0.15, 0.2) is 15.8 Å². The van der Waals surface area contributed by atoms with Gasteiger partial charge in [-0.25, -0.2) is 8.42 Å². The molecule has 5 nitrogen and oxygen atoms in total. The summed E-state index contributed by atoms with van der Waals surface area (Å²) in [6.45, 7) is 2.67. The van der Waals surface area contributed by atoms with Crippen LogP contribution in [0, 0.1) is 0 Å². The lowest BCUT2D eigenvalue weighted by Gasteiger charge is -2.18. The molecule has 0 amide bonds. The van der Waals surface area contributed by atoms with Gasteiger partial charge in [0.1, 0.15) is 0 Å². The molecule has 0 aliphatic rings. The minimum atomic E-state index is -3.17. The van der Waals surface area contributed by atoms with Crippen molar-refractivity contribution in [2.24, 2.45) is 4.99 Å². The third-order valence-corrected chi connectivity index (χ3v) is 5.95. The van der Waals surface area contributed by atoms with Crippen molar-refractivity contribution in [1.29, 1.82) is 0 Å². The Bertz CT molecular complexity index is 913. The fourth-order valence-electron chi connectivity index (χ4n) is 2.49. The van der Waals surface area contributed by atoms with Crippen molar-refractivity contribution in [3.05, 3.63) is 63.6 Å². The molecule has 2 aromatic carbocycles. The number of hydrogen-bond donors (Lipinski definition) is 2. The number of rotatable bonds is 6. The van der Waals surface area contributed by atoms with E-state index in [0.29, 0.717) is 27.4 Å². The number of hydrogen-bond acceptors (Lipinski definition) is 3. The van der Waals surface area contributed by atoms with Crippen molar-refractivity contribution in [3.63, 3.8) is 0 Å². The molecule has 0 spiro atoms. The molecular weight excluding hydrogens is 405 g/mol. The number of nitrogens with zero attached hydrogens (tertiary/aromatic N) is 1. The maximum Gasteiger partial charge on any atom is 0.191 e. The summed E-state index contributed by atoms with van der Waals surface area (Å²) in [5.74, 6) is 0.668. The van der Waals surface area contributed by atoms with Gasteiger partial charge in [-0.05, 0) is 48.7 Å². The summed E-state index contributed by atoms with van der Waals surface area (Å²) in [5, 5.41) is 7.60. The van der Waals surface area contributed by atoms with E-state index in [1.54, 1.807) is 25.2 Å². The Morgan fingerprint density at radius 1 is 1.11 bits per heavy atom. The van der Waals surface area contributed by atoms with E-state index in [-0.39, 0.29) is 6.04 Å². The van der Waals surface area contributed by atoms with Crippen LogP contribution in [0.2, 0.25) is 10.0 Å². The molecule has 0 heterocycles. The first kappa shape index (κ1) is 21.5. The maximum atomic E-state index is 11.5. The van der Waals surface area contributed by atoms with Crippen LogP contribution in [0.25, 0.3) is 0 Å². The van der Waals surface area contributed by atoms with E-state index in [2.05, 4.69) is 15.6 Å². The molecule has 0 radical (unpaired) electrons. The van der Waals surface area contributed by atoms with Gasteiger partial charge >= 0.3 is 0 Å². The molecule has 146 valence electrons. The van der Waals surface area contributed by atoms with Crippen molar-refractivity contribution in [2.45, 2.75) is 24.3 Å². The van der Waals surface area contributed by atoms with Crippen molar-refractivity contribution >= 4 is 39.0 Å². The van der Waals surface area contributed by atoms with Crippen LogP contribution in [0.15, 0.2) is 52.4 Å². The summed E-state index contributed by atoms with van der Waals surface area (Å²) in [4.78, 5) is 4.55. The molecule has 27 heavy (non-hydrogen) atoms. The van der Waals surface area contributed by atoms with Gasteiger partial charge in [0, 0.05) is 19.8 Å². The first-order valence-electron chi connectivity index (χ1n) is 8.42. The molecule has 2 N–H and O–H groups in total. The fourth-order valence-corrected chi connectivity index (χ4v) is 3.43. The zero-order valence-electron chi connectivity index (χ0n) is 15.5. The van der Waals surface area contributed by atoms with Gasteiger partial charge in [0.2, 0.25) is 0 Å². The van der Waals surface area contributed by atoms with E-state index in [0.717, 1.165) is 17.5 Å². The smallest absolute Gasteiger partial charge is 0.191 e. The van der Waals surface area contributed by atoms with E-state index in [1.807, 2.05) is 31.2 Å². The van der Waals surface area contributed by atoms with Gasteiger partial charge in [-0.15, -0.1) is 0 Å². The van der Waals surface area contributed by atoms with E-state index in [4.69, 9.17) is 23.2 Å². The van der Waals surface area contributed by atoms with Crippen LogP contribution in [-0.4, -0.2) is 34.2 Å². The minimum absolute atomic E-state index is 0.0000101. The lowest BCUT2D eigenvalue weighted by atomic mass is 10.1. The van der Waals surface area contributed by atoms with Gasteiger partial charge in [-0.3, -0.25) is 4.99 Å². The van der Waals surface area contributed by atoms with Crippen LogP contribution in [0.5, 0.6) is 0 Å². The Kier molecular flexibility index (Phi) is 7.53. The Hall–Kier alpha value is -1.76. The van der Waals surface area contributed by atoms with Crippen molar-refractivity contribution in [1.82, 2.24) is 10.6 Å². The Balaban J connectivity index is 1.89. The number of nitrogens with one attached hydrogen (secondary N) is 2. The summed E-state index contributed by atoms with van der Waals surface area (Å²) < 4.78 is 23.0. The van der Waals surface area contributed by atoms with Gasteiger partial charge < -0.3 is 10.6 Å². The highest BCUT2D eigenvalue weighted by molar-refractivity contribution is 7.90. The highest BCUT2D eigenvalue weighted by Gasteiger charge is 2.10. The summed E-state index contributed by atoms with van der Waals surface area (Å²) in [6, 6.07) is 12.4. The molecule has 0 bridgehead atoms. The predicted molar refractivity (Wildman–Crippen MR) is 113 cm³/mol. The second-order valence-electron chi connectivity index (χ2n) is 6.20. The Morgan fingerprint density at radius 3 is 2.33 bits per heavy atom. The first-order valence-corrected chi connectivity index (χ1v) is 11.1. The molecule has 0 aromatic heterocycles. The minimum Gasteiger partial charge on any atom is -0.356 e. The number of halogens is 2. The molecule has 0 saturated heterocycles. The molecule has 2 aromatic rings. The summed E-state index contributed by atoms with van der Waals surface area (Å²) in [6.07, 6.45) is 1.94. The first-order chi connectivity index (χ1) is 12.7. The number of sulfone groups is 1. The molecule has 0 fully saturated rings. The van der Waals surface area contributed by atoms with Crippen LogP contribution in [0.1, 0.15) is 24.1 Å². The molecule has 2 rings (SSSR count). The van der Waals surface area contributed by atoms with E-state index in [1.165, 1.54) is 6.26 Å². The van der Waals surface area contributed by atoms with Gasteiger partial charge in [-0.1, -0.05) is 41.4 Å². The van der Waals surface area contributed by atoms with Crippen LogP contribution in [-0.2, 0) is 16.3 Å². The van der Waals surface area contributed by atoms with Crippen molar-refractivity contribution < 1.29 is 8.42 Å². The zero-order chi connectivity index (χ0) is 20.0. The Morgan fingerprint density at radius 2 is 1.78 bits per heavy atom. The average molecular weight is 428 g/mol. The number of guanidine groups is 1. The fraction of sp³-hybridized carbons (Fsp3) is 0.316. The zero-order valence-corrected chi connectivity index (χ0v) is 17.8. The lowest BCUT2D eigenvalue weighted by molar-refractivity contribution is 0.602. The highest BCUT2D eigenvalue weighted by atomic mass is 35.5. The average Bonchev–Trinajstić information content (AvgIpc) is 2.62. The molecule has 0 aliphatic carbocycles. The number of benzene rings is 2. The van der Waals surface area contributed by atoms with Gasteiger partial charge in [0.25, 0.3) is 0 Å². The van der Waals surface area contributed by atoms with Crippen LogP contribution in [0.3, 0.4) is 0 Å². The maximum absolute atomic E-state index is 11.5. The Labute approximate surface area is 170 Å². The molecule has 0 aliphatic heterocycles. The standard InChI is InChI=1S/C19H23Cl2N3O2S/c1-13(15-6-9-17(20)18(21)12-15)24-19(22-2)23-11-10-14-4-7-16(8-5-14)27(3,25)26/h4-9,12-13H,10-11H2,1-3H3,(H2,22,23,24). The number of aliphatic imine (C=N–C) groups is 1. The van der Waals surface area contributed by atoms with Crippen LogP contribution in [0.4, 0.5) is 0 Å². The monoisotopic (exact) mass is 427 g/mol. The lowest BCUT2D eigenvalue weighted by Crippen LogP contribution is -2.39. The normalized spacial score (nSPS) is 13.3. The largest absolute Gasteiger partial charge is 0.356 e. The van der Waals surface area contributed by atoms with Crippen molar-refractivity contribution in [2.75, 3.05) is 19.8 Å².